The minimum Gasteiger partial charge on any atom is -0.348 e. The molecule has 1 rings (SSSR count). The predicted octanol–water partition coefficient (Wildman–Crippen LogP) is 1.61. The molecular formula is C14H26N4O. The Bertz CT molecular complexity index is 426. The first-order chi connectivity index (χ1) is 9.19. The molecule has 0 aliphatic rings. The maximum Gasteiger partial charge on any atom is 0.293 e. The number of aryl methyl sites for hydroxylation is 1. The van der Waals surface area contributed by atoms with Crippen molar-refractivity contribution in [3.05, 3.63) is 22.7 Å². The van der Waals surface area contributed by atoms with Crippen molar-refractivity contribution in [2.45, 2.75) is 52.6 Å². The molecule has 0 bridgehead atoms. The summed E-state index contributed by atoms with van der Waals surface area (Å²) in [7, 11) is 0. The van der Waals surface area contributed by atoms with Gasteiger partial charge in [-0.15, -0.1) is 0 Å². The van der Waals surface area contributed by atoms with E-state index < -0.39 is 0 Å². The topological polar surface area (TPSA) is 64.2 Å². The summed E-state index contributed by atoms with van der Waals surface area (Å²) in [5, 5.41) is 0. The Labute approximate surface area is 115 Å². The van der Waals surface area contributed by atoms with E-state index >= 15 is 0 Å². The first-order valence-corrected chi connectivity index (χ1v) is 7.21. The molecule has 1 aromatic heterocycles. The van der Waals surface area contributed by atoms with Gasteiger partial charge in [0.2, 0.25) is 0 Å². The third kappa shape index (κ3) is 3.80. The summed E-state index contributed by atoms with van der Waals surface area (Å²) in [6, 6.07) is 0.321. The molecule has 0 aliphatic carbocycles. The average Bonchev–Trinajstić information content (AvgIpc) is 2.42. The van der Waals surface area contributed by atoms with Crippen LogP contribution in [0.25, 0.3) is 0 Å². The van der Waals surface area contributed by atoms with Gasteiger partial charge in [-0.2, -0.15) is 0 Å². The van der Waals surface area contributed by atoms with E-state index in [1.807, 2.05) is 0 Å². The monoisotopic (exact) mass is 266 g/mol. The average molecular weight is 266 g/mol. The first-order valence-electron chi connectivity index (χ1n) is 7.21. The minimum absolute atomic E-state index is 0.00954. The molecule has 0 spiro atoms. The molecule has 0 fully saturated rings. The smallest absolute Gasteiger partial charge is 0.293 e. The maximum atomic E-state index is 12.4. The van der Waals surface area contributed by atoms with Crippen molar-refractivity contribution in [3.63, 3.8) is 0 Å². The van der Waals surface area contributed by atoms with Crippen LogP contribution in [0.5, 0.6) is 0 Å². The lowest BCUT2D eigenvalue weighted by atomic mass is 10.1. The van der Waals surface area contributed by atoms with Gasteiger partial charge in [-0.3, -0.25) is 4.79 Å². The molecule has 0 unspecified atom stereocenters. The third-order valence-corrected chi connectivity index (χ3v) is 3.39. The highest BCUT2D eigenvalue weighted by molar-refractivity contribution is 5.37. The highest BCUT2D eigenvalue weighted by atomic mass is 16.1. The fraction of sp³-hybridized carbons (Fsp3) is 0.714. The molecule has 5 nitrogen and oxygen atoms in total. The van der Waals surface area contributed by atoms with Gasteiger partial charge in [0.1, 0.15) is 0 Å². The van der Waals surface area contributed by atoms with Gasteiger partial charge in [0.05, 0.1) is 0 Å². The second-order valence-corrected chi connectivity index (χ2v) is 4.70. The van der Waals surface area contributed by atoms with Gasteiger partial charge < -0.3 is 15.2 Å². The SMILES string of the molecule is CCCn1ccnc(N(CCN)C(CC)CC)c1=O. The van der Waals surface area contributed by atoms with Crippen molar-refractivity contribution in [1.82, 2.24) is 9.55 Å². The van der Waals surface area contributed by atoms with Crippen molar-refractivity contribution in [1.29, 1.82) is 0 Å². The van der Waals surface area contributed by atoms with E-state index in [1.165, 1.54) is 0 Å². The van der Waals surface area contributed by atoms with Gasteiger partial charge in [0, 0.05) is 38.1 Å². The Hall–Kier alpha value is -1.36. The molecule has 0 amide bonds. The molecule has 0 saturated carbocycles. The number of hydrogen-bond acceptors (Lipinski definition) is 4. The van der Waals surface area contributed by atoms with Crippen molar-refractivity contribution in [2.24, 2.45) is 5.73 Å². The summed E-state index contributed by atoms with van der Waals surface area (Å²) in [6.07, 6.45) is 6.37. The van der Waals surface area contributed by atoms with Crippen molar-refractivity contribution >= 4 is 5.82 Å². The molecule has 1 heterocycles. The fourth-order valence-corrected chi connectivity index (χ4v) is 2.38. The first kappa shape index (κ1) is 15.7. The summed E-state index contributed by atoms with van der Waals surface area (Å²) in [5.74, 6) is 0.537. The molecule has 0 atom stereocenters. The maximum absolute atomic E-state index is 12.4. The quantitative estimate of drug-likeness (QED) is 0.776. The van der Waals surface area contributed by atoms with Crippen LogP contribution >= 0.6 is 0 Å². The summed E-state index contributed by atoms with van der Waals surface area (Å²) in [5.41, 5.74) is 5.67. The van der Waals surface area contributed by atoms with Gasteiger partial charge in [0.25, 0.3) is 5.56 Å². The molecule has 0 radical (unpaired) electrons. The zero-order valence-electron chi connectivity index (χ0n) is 12.3. The van der Waals surface area contributed by atoms with E-state index in [4.69, 9.17) is 5.73 Å². The molecule has 108 valence electrons. The highest BCUT2D eigenvalue weighted by Gasteiger charge is 2.19. The van der Waals surface area contributed by atoms with Crippen LogP contribution in [0.3, 0.4) is 0 Å². The van der Waals surface area contributed by atoms with E-state index in [0.717, 1.165) is 25.8 Å². The lowest BCUT2D eigenvalue weighted by Gasteiger charge is -2.30. The van der Waals surface area contributed by atoms with Crippen LogP contribution < -0.4 is 16.2 Å². The fourth-order valence-electron chi connectivity index (χ4n) is 2.38. The lowest BCUT2D eigenvalue weighted by Crippen LogP contribution is -2.43. The Balaban J connectivity index is 3.15. The zero-order chi connectivity index (χ0) is 14.3. The Morgan fingerprint density at radius 3 is 2.58 bits per heavy atom. The Morgan fingerprint density at radius 1 is 1.37 bits per heavy atom. The molecule has 0 aromatic carbocycles. The van der Waals surface area contributed by atoms with Gasteiger partial charge in [-0.05, 0) is 19.3 Å². The lowest BCUT2D eigenvalue weighted by molar-refractivity contribution is 0.545. The van der Waals surface area contributed by atoms with E-state index in [1.54, 1.807) is 17.0 Å². The summed E-state index contributed by atoms with van der Waals surface area (Å²) in [4.78, 5) is 18.8. The molecule has 2 N–H and O–H groups in total. The number of nitrogens with two attached hydrogens (primary N) is 1. The predicted molar refractivity (Wildman–Crippen MR) is 79.6 cm³/mol. The second-order valence-electron chi connectivity index (χ2n) is 4.70. The van der Waals surface area contributed by atoms with Crippen LogP contribution in [0.1, 0.15) is 40.0 Å². The number of anilines is 1. The Kier molecular flexibility index (Phi) is 6.56. The van der Waals surface area contributed by atoms with Crippen LogP contribution in [0, 0.1) is 0 Å². The van der Waals surface area contributed by atoms with Crippen LogP contribution in [0.4, 0.5) is 5.82 Å². The molecule has 5 heteroatoms. The molecule has 19 heavy (non-hydrogen) atoms. The van der Waals surface area contributed by atoms with E-state index in [0.29, 0.717) is 24.9 Å². The van der Waals surface area contributed by atoms with E-state index in [9.17, 15) is 4.79 Å². The summed E-state index contributed by atoms with van der Waals surface area (Å²) in [6.45, 7) is 8.25. The van der Waals surface area contributed by atoms with Crippen LogP contribution in [0.15, 0.2) is 17.2 Å². The van der Waals surface area contributed by atoms with Gasteiger partial charge in [-0.25, -0.2) is 4.98 Å². The van der Waals surface area contributed by atoms with Crippen molar-refractivity contribution < 1.29 is 0 Å². The second kappa shape index (κ2) is 7.94. The number of rotatable bonds is 8. The number of hydrogen-bond donors (Lipinski definition) is 1. The largest absolute Gasteiger partial charge is 0.348 e. The molecule has 0 aliphatic heterocycles. The van der Waals surface area contributed by atoms with E-state index in [2.05, 4.69) is 30.7 Å². The Morgan fingerprint density at radius 2 is 2.05 bits per heavy atom. The number of nitrogens with zero attached hydrogens (tertiary/aromatic N) is 3. The normalized spacial score (nSPS) is 11.0. The number of aromatic nitrogens is 2. The molecule has 1 aromatic rings. The van der Waals surface area contributed by atoms with Crippen LogP contribution in [-0.4, -0.2) is 28.7 Å². The van der Waals surface area contributed by atoms with Crippen LogP contribution in [0.2, 0.25) is 0 Å². The third-order valence-electron chi connectivity index (χ3n) is 3.39. The van der Waals surface area contributed by atoms with Crippen LogP contribution in [-0.2, 0) is 6.54 Å². The van der Waals surface area contributed by atoms with Gasteiger partial charge in [0.15, 0.2) is 5.82 Å². The van der Waals surface area contributed by atoms with Gasteiger partial charge in [-0.1, -0.05) is 20.8 Å². The van der Waals surface area contributed by atoms with E-state index in [-0.39, 0.29) is 5.56 Å². The standard InChI is InChI=1S/C14H26N4O/c1-4-9-17-11-8-16-13(14(17)19)18(10-7-15)12(5-2)6-3/h8,11-12H,4-7,9-10,15H2,1-3H3. The van der Waals surface area contributed by atoms with Crippen molar-refractivity contribution in [2.75, 3.05) is 18.0 Å². The molecule has 0 saturated heterocycles. The highest BCUT2D eigenvalue weighted by Crippen LogP contribution is 2.14. The molecular weight excluding hydrogens is 240 g/mol. The zero-order valence-corrected chi connectivity index (χ0v) is 12.3. The van der Waals surface area contributed by atoms with Crippen molar-refractivity contribution in [3.8, 4) is 0 Å². The van der Waals surface area contributed by atoms with Gasteiger partial charge >= 0.3 is 0 Å². The minimum atomic E-state index is -0.00954. The summed E-state index contributed by atoms with van der Waals surface area (Å²) < 4.78 is 1.73. The summed E-state index contributed by atoms with van der Waals surface area (Å²) >= 11 is 0.